The van der Waals surface area contributed by atoms with Crippen molar-refractivity contribution >= 4 is 21.7 Å². The van der Waals surface area contributed by atoms with E-state index in [1.54, 1.807) is 17.7 Å². The Morgan fingerprint density at radius 1 is 1.09 bits per heavy atom. The van der Waals surface area contributed by atoms with Crippen molar-refractivity contribution in [3.8, 4) is 23.7 Å². The van der Waals surface area contributed by atoms with Crippen LogP contribution >= 0.6 is 0 Å². The van der Waals surface area contributed by atoms with Gasteiger partial charge in [0.05, 0.1) is 0 Å². The van der Waals surface area contributed by atoms with Gasteiger partial charge < -0.3 is 15.7 Å². The molecule has 0 aliphatic carbocycles. The molecule has 3 rings (SSSR count). The molecule has 3 heterocycles. The van der Waals surface area contributed by atoms with Crippen LogP contribution < -0.4 is 10.6 Å². The summed E-state index contributed by atoms with van der Waals surface area (Å²) >= 11 is 0. The van der Waals surface area contributed by atoms with E-state index in [2.05, 4.69) is 27.7 Å². The standard InChI is InChI=1S/C22H22F3N5O3S/c1-3-5-17-15-29(34(32,33)18-7-8-19(26)27-14-18)11-12-30(17)20-9-6-16(13-28-20)21(31,10-4-2)22(23,24)25/h6-9,13-14,17,31H,11-12,15H2,1-2H3,(H2,26,27)/t17?,21-/m1/s1. The van der Waals surface area contributed by atoms with Gasteiger partial charge in [-0.05, 0) is 38.1 Å². The number of hydrogen-bond donors (Lipinski definition) is 2. The molecule has 1 saturated heterocycles. The largest absolute Gasteiger partial charge is 0.433 e. The fourth-order valence-corrected chi connectivity index (χ4v) is 4.88. The Hall–Kier alpha value is -3.32. The molecule has 0 saturated carbocycles. The van der Waals surface area contributed by atoms with Crippen molar-refractivity contribution < 1.29 is 26.7 Å². The van der Waals surface area contributed by atoms with Crippen molar-refractivity contribution in [2.45, 2.75) is 36.6 Å². The number of aromatic nitrogens is 2. The number of nitrogen functional groups attached to an aromatic ring is 1. The highest BCUT2D eigenvalue weighted by atomic mass is 32.2. The zero-order valence-electron chi connectivity index (χ0n) is 18.3. The van der Waals surface area contributed by atoms with Gasteiger partial charge in [0.2, 0.25) is 15.6 Å². The van der Waals surface area contributed by atoms with Crippen molar-refractivity contribution in [3.05, 3.63) is 42.2 Å². The zero-order chi connectivity index (χ0) is 25.1. The number of sulfonamides is 1. The summed E-state index contributed by atoms with van der Waals surface area (Å²) in [6, 6.07) is 4.57. The lowest BCUT2D eigenvalue weighted by atomic mass is 9.95. The number of nitrogens with zero attached hydrogens (tertiary/aromatic N) is 4. The number of aliphatic hydroxyl groups is 1. The van der Waals surface area contributed by atoms with Gasteiger partial charge in [-0.1, -0.05) is 11.8 Å². The van der Waals surface area contributed by atoms with E-state index in [9.17, 15) is 26.7 Å². The molecule has 3 N–H and O–H groups in total. The summed E-state index contributed by atoms with van der Waals surface area (Å²) in [6.07, 6.45) is -2.93. The lowest BCUT2D eigenvalue weighted by Crippen LogP contribution is -2.54. The number of halogens is 3. The molecule has 0 aromatic carbocycles. The number of piperazine rings is 1. The second kappa shape index (κ2) is 9.50. The Kier molecular flexibility index (Phi) is 7.07. The fraction of sp³-hybridized carbons (Fsp3) is 0.364. The van der Waals surface area contributed by atoms with E-state index in [1.165, 1.54) is 35.6 Å². The highest BCUT2D eigenvalue weighted by Crippen LogP contribution is 2.38. The summed E-state index contributed by atoms with van der Waals surface area (Å²) < 4.78 is 67.6. The first kappa shape index (κ1) is 25.3. The maximum atomic E-state index is 13.4. The van der Waals surface area contributed by atoms with Crippen LogP contribution in [-0.2, 0) is 15.6 Å². The maximum absolute atomic E-state index is 13.4. The smallest absolute Gasteiger partial charge is 0.384 e. The van der Waals surface area contributed by atoms with Gasteiger partial charge in [-0.2, -0.15) is 17.5 Å². The van der Waals surface area contributed by atoms with Gasteiger partial charge in [0.15, 0.2) is 0 Å². The first-order valence-corrected chi connectivity index (χ1v) is 11.5. The number of nitrogens with two attached hydrogens (primary N) is 1. The monoisotopic (exact) mass is 493 g/mol. The number of hydrogen-bond acceptors (Lipinski definition) is 7. The first-order valence-electron chi connectivity index (χ1n) is 10.0. The van der Waals surface area contributed by atoms with E-state index < -0.39 is 33.4 Å². The predicted molar refractivity (Wildman–Crippen MR) is 120 cm³/mol. The minimum Gasteiger partial charge on any atom is -0.384 e. The second-order valence-electron chi connectivity index (χ2n) is 7.37. The number of anilines is 2. The molecule has 180 valence electrons. The third-order valence-corrected chi connectivity index (χ3v) is 7.08. The number of pyridine rings is 2. The molecule has 0 radical (unpaired) electrons. The maximum Gasteiger partial charge on any atom is 0.433 e. The van der Waals surface area contributed by atoms with E-state index in [4.69, 9.17) is 5.73 Å². The molecule has 0 bridgehead atoms. The van der Waals surface area contributed by atoms with Crippen LogP contribution in [0.15, 0.2) is 41.6 Å². The molecule has 2 aromatic rings. The van der Waals surface area contributed by atoms with Crippen LogP contribution in [0.4, 0.5) is 24.8 Å². The van der Waals surface area contributed by atoms with Gasteiger partial charge in [0.25, 0.3) is 0 Å². The summed E-state index contributed by atoms with van der Waals surface area (Å²) in [6.45, 7) is 3.07. The van der Waals surface area contributed by atoms with Crippen LogP contribution in [0.25, 0.3) is 0 Å². The molecule has 1 aliphatic heterocycles. The van der Waals surface area contributed by atoms with Crippen molar-refractivity contribution in [1.82, 2.24) is 14.3 Å². The summed E-state index contributed by atoms with van der Waals surface area (Å²) in [5.41, 5.74) is 1.66. The van der Waals surface area contributed by atoms with Crippen LogP contribution in [0.1, 0.15) is 19.4 Å². The number of alkyl halides is 3. The number of rotatable bonds is 4. The van der Waals surface area contributed by atoms with Crippen LogP contribution in [0.2, 0.25) is 0 Å². The predicted octanol–water partition coefficient (Wildman–Crippen LogP) is 1.73. The quantitative estimate of drug-likeness (QED) is 0.624. The summed E-state index contributed by atoms with van der Waals surface area (Å²) in [7, 11) is -3.86. The third-order valence-electron chi connectivity index (χ3n) is 5.23. The molecule has 1 fully saturated rings. The van der Waals surface area contributed by atoms with Gasteiger partial charge in [-0.3, -0.25) is 0 Å². The van der Waals surface area contributed by atoms with E-state index >= 15 is 0 Å². The molecule has 2 atom stereocenters. The van der Waals surface area contributed by atoms with Crippen molar-refractivity contribution in [2.75, 3.05) is 30.3 Å². The molecular weight excluding hydrogens is 471 g/mol. The van der Waals surface area contributed by atoms with Gasteiger partial charge in [0, 0.05) is 37.6 Å². The molecule has 0 amide bonds. The molecule has 1 aliphatic rings. The van der Waals surface area contributed by atoms with Crippen LogP contribution in [-0.4, -0.2) is 59.6 Å². The SMILES string of the molecule is CC#CC1CN(S(=O)(=O)c2ccc(N)nc2)CCN1c1ccc([C@](O)(C#CC)C(F)(F)F)cn1. The lowest BCUT2D eigenvalue weighted by molar-refractivity contribution is -0.240. The highest BCUT2D eigenvalue weighted by molar-refractivity contribution is 7.89. The molecule has 2 aromatic heterocycles. The molecule has 1 unspecified atom stereocenters. The molecule has 34 heavy (non-hydrogen) atoms. The van der Waals surface area contributed by atoms with Crippen molar-refractivity contribution in [2.24, 2.45) is 0 Å². The molecule has 8 nitrogen and oxygen atoms in total. The first-order chi connectivity index (χ1) is 15.9. The lowest BCUT2D eigenvalue weighted by Gasteiger charge is -2.39. The van der Waals surface area contributed by atoms with Gasteiger partial charge >= 0.3 is 6.18 Å². The topological polar surface area (TPSA) is 113 Å². The summed E-state index contributed by atoms with van der Waals surface area (Å²) in [5.74, 6) is 10.1. The van der Waals surface area contributed by atoms with E-state index in [0.29, 0.717) is 0 Å². The second-order valence-corrected chi connectivity index (χ2v) is 9.31. The minimum atomic E-state index is -5.02. The third kappa shape index (κ3) is 4.80. The average molecular weight is 494 g/mol. The van der Waals surface area contributed by atoms with Crippen LogP contribution in [0, 0.1) is 23.7 Å². The van der Waals surface area contributed by atoms with Crippen LogP contribution in [0.3, 0.4) is 0 Å². The van der Waals surface area contributed by atoms with Gasteiger partial charge in [-0.25, -0.2) is 18.4 Å². The van der Waals surface area contributed by atoms with Crippen LogP contribution in [0.5, 0.6) is 0 Å². The Morgan fingerprint density at radius 3 is 2.35 bits per heavy atom. The average Bonchev–Trinajstić information content (AvgIpc) is 2.79. The van der Waals surface area contributed by atoms with Crippen molar-refractivity contribution in [1.29, 1.82) is 0 Å². The Morgan fingerprint density at radius 2 is 1.82 bits per heavy atom. The molecule has 0 spiro atoms. The van der Waals surface area contributed by atoms with Gasteiger partial charge in [-0.15, -0.1) is 11.8 Å². The summed E-state index contributed by atoms with van der Waals surface area (Å²) in [5, 5.41) is 10.1. The Balaban J connectivity index is 1.88. The molecular formula is C22H22F3N5O3S. The normalized spacial score (nSPS) is 18.8. The highest BCUT2D eigenvalue weighted by Gasteiger charge is 2.54. The van der Waals surface area contributed by atoms with E-state index in [1.807, 2.05) is 0 Å². The fourth-order valence-electron chi connectivity index (χ4n) is 3.49. The van der Waals surface area contributed by atoms with Gasteiger partial charge in [0.1, 0.15) is 22.6 Å². The van der Waals surface area contributed by atoms with E-state index in [0.717, 1.165) is 12.3 Å². The molecule has 12 heteroatoms. The summed E-state index contributed by atoms with van der Waals surface area (Å²) in [4.78, 5) is 9.61. The Labute approximate surface area is 195 Å². The Bertz CT molecular complexity index is 1260. The van der Waals surface area contributed by atoms with E-state index in [-0.39, 0.29) is 36.2 Å². The minimum absolute atomic E-state index is 0.00474. The van der Waals surface area contributed by atoms with Crippen molar-refractivity contribution in [3.63, 3.8) is 0 Å². The zero-order valence-corrected chi connectivity index (χ0v) is 19.2.